The minimum atomic E-state index is 0.608. The Balaban J connectivity index is 2.16. The number of hydrogen-bond acceptors (Lipinski definition) is 4. The van der Waals surface area contributed by atoms with Crippen LogP contribution in [0.25, 0.3) is 0 Å². The number of rotatable bonds is 4. The van der Waals surface area contributed by atoms with Crippen LogP contribution in [0.1, 0.15) is 17.0 Å². The van der Waals surface area contributed by atoms with Crippen LogP contribution in [0.5, 0.6) is 5.88 Å². The first-order valence-electron chi connectivity index (χ1n) is 5.85. The Hall–Kier alpha value is -2.04. The summed E-state index contributed by atoms with van der Waals surface area (Å²) in [6.45, 7) is 4.80. The van der Waals surface area contributed by atoms with E-state index in [0.717, 1.165) is 11.4 Å². The minimum absolute atomic E-state index is 0.608. The van der Waals surface area contributed by atoms with Gasteiger partial charge in [-0.25, -0.2) is 4.98 Å². The number of aromatic nitrogens is 3. The molecule has 0 bridgehead atoms. The minimum Gasteiger partial charge on any atom is -0.480 e. The summed E-state index contributed by atoms with van der Waals surface area (Å²) in [6.07, 6.45) is 1.71. The maximum Gasteiger partial charge on any atom is 0.237 e. The number of pyridine rings is 1. The van der Waals surface area contributed by atoms with Crippen molar-refractivity contribution in [3.8, 4) is 5.88 Å². The average Bonchev–Trinajstić information content (AvgIpc) is 2.62. The van der Waals surface area contributed by atoms with Crippen LogP contribution in [0, 0.1) is 13.8 Å². The molecule has 0 aromatic carbocycles. The maximum atomic E-state index is 5.20. The van der Waals surface area contributed by atoms with E-state index in [9.17, 15) is 0 Å². The standard InChI is InChI=1S/C13H18N4O/c1-9-11(10(2)17(3)16-9)8-15-12-6-5-7-14-13(12)18-4/h5-7,15H,8H2,1-4H3. The molecule has 2 rings (SSSR count). The van der Waals surface area contributed by atoms with Crippen molar-refractivity contribution >= 4 is 5.69 Å². The fraction of sp³-hybridized carbons (Fsp3) is 0.385. The Labute approximate surface area is 107 Å². The Morgan fingerprint density at radius 2 is 2.17 bits per heavy atom. The second kappa shape index (κ2) is 5.08. The van der Waals surface area contributed by atoms with Gasteiger partial charge in [0.15, 0.2) is 0 Å². The SMILES string of the molecule is COc1ncccc1NCc1c(C)nn(C)c1C. The molecule has 0 aliphatic heterocycles. The van der Waals surface area contributed by atoms with Crippen LogP contribution in [0.3, 0.4) is 0 Å². The van der Waals surface area contributed by atoms with Crippen LogP contribution >= 0.6 is 0 Å². The van der Waals surface area contributed by atoms with Gasteiger partial charge in [0, 0.05) is 31.0 Å². The number of aryl methyl sites for hydroxylation is 2. The van der Waals surface area contributed by atoms with E-state index in [-0.39, 0.29) is 0 Å². The van der Waals surface area contributed by atoms with E-state index in [2.05, 4.69) is 22.3 Å². The first-order valence-corrected chi connectivity index (χ1v) is 5.85. The molecule has 5 nitrogen and oxygen atoms in total. The van der Waals surface area contributed by atoms with Gasteiger partial charge in [-0.15, -0.1) is 0 Å². The summed E-state index contributed by atoms with van der Waals surface area (Å²) in [5, 5.41) is 7.73. The van der Waals surface area contributed by atoms with Gasteiger partial charge in [0.2, 0.25) is 5.88 Å². The topological polar surface area (TPSA) is 52.0 Å². The third-order valence-corrected chi connectivity index (χ3v) is 3.08. The highest BCUT2D eigenvalue weighted by Crippen LogP contribution is 2.21. The van der Waals surface area contributed by atoms with E-state index in [0.29, 0.717) is 12.4 Å². The monoisotopic (exact) mass is 246 g/mol. The number of nitrogens with one attached hydrogen (secondary N) is 1. The van der Waals surface area contributed by atoms with E-state index >= 15 is 0 Å². The van der Waals surface area contributed by atoms with Gasteiger partial charge in [0.05, 0.1) is 18.5 Å². The number of nitrogens with zero attached hydrogens (tertiary/aromatic N) is 3. The van der Waals surface area contributed by atoms with Gasteiger partial charge in [0.1, 0.15) is 0 Å². The largest absolute Gasteiger partial charge is 0.480 e. The molecular formula is C13H18N4O. The second-order valence-electron chi connectivity index (χ2n) is 4.19. The van der Waals surface area contributed by atoms with Crippen molar-refractivity contribution in [2.24, 2.45) is 7.05 Å². The lowest BCUT2D eigenvalue weighted by Crippen LogP contribution is -2.04. The number of methoxy groups -OCH3 is 1. The lowest BCUT2D eigenvalue weighted by molar-refractivity contribution is 0.399. The van der Waals surface area contributed by atoms with Gasteiger partial charge < -0.3 is 10.1 Å². The predicted octanol–water partition coefficient (Wildman–Crippen LogP) is 2.05. The first-order chi connectivity index (χ1) is 8.63. The molecule has 18 heavy (non-hydrogen) atoms. The summed E-state index contributed by atoms with van der Waals surface area (Å²) < 4.78 is 7.10. The Morgan fingerprint density at radius 1 is 1.39 bits per heavy atom. The van der Waals surface area contributed by atoms with Gasteiger partial charge in [-0.2, -0.15) is 5.10 Å². The van der Waals surface area contributed by atoms with Crippen LogP contribution in [0.15, 0.2) is 18.3 Å². The smallest absolute Gasteiger partial charge is 0.237 e. The van der Waals surface area contributed by atoms with Crippen molar-refractivity contribution in [2.45, 2.75) is 20.4 Å². The quantitative estimate of drug-likeness (QED) is 0.897. The Bertz CT molecular complexity index is 548. The molecule has 0 unspecified atom stereocenters. The molecule has 0 amide bonds. The van der Waals surface area contributed by atoms with E-state index in [1.807, 2.05) is 30.8 Å². The molecule has 5 heteroatoms. The lowest BCUT2D eigenvalue weighted by atomic mass is 10.2. The molecule has 0 aliphatic rings. The highest BCUT2D eigenvalue weighted by Gasteiger charge is 2.10. The highest BCUT2D eigenvalue weighted by molar-refractivity contribution is 5.52. The normalized spacial score (nSPS) is 10.4. The van der Waals surface area contributed by atoms with Gasteiger partial charge in [0.25, 0.3) is 0 Å². The van der Waals surface area contributed by atoms with E-state index in [1.165, 1.54) is 11.3 Å². The van der Waals surface area contributed by atoms with Crippen LogP contribution in [0.4, 0.5) is 5.69 Å². The fourth-order valence-electron chi connectivity index (χ4n) is 1.94. The zero-order valence-electron chi connectivity index (χ0n) is 11.2. The molecule has 2 aromatic heterocycles. The van der Waals surface area contributed by atoms with Crippen molar-refractivity contribution in [1.82, 2.24) is 14.8 Å². The molecule has 0 saturated heterocycles. The zero-order chi connectivity index (χ0) is 13.1. The Kier molecular flexibility index (Phi) is 3.50. The number of hydrogen-bond donors (Lipinski definition) is 1. The summed E-state index contributed by atoms with van der Waals surface area (Å²) in [5.41, 5.74) is 4.32. The maximum absolute atomic E-state index is 5.20. The van der Waals surface area contributed by atoms with E-state index in [4.69, 9.17) is 4.74 Å². The van der Waals surface area contributed by atoms with Crippen LogP contribution < -0.4 is 10.1 Å². The summed E-state index contributed by atoms with van der Waals surface area (Å²) in [6, 6.07) is 3.83. The molecular weight excluding hydrogens is 228 g/mol. The molecule has 2 aromatic rings. The lowest BCUT2D eigenvalue weighted by Gasteiger charge is -2.10. The molecule has 0 atom stereocenters. The molecule has 0 spiro atoms. The third-order valence-electron chi connectivity index (χ3n) is 3.08. The summed E-state index contributed by atoms with van der Waals surface area (Å²) in [7, 11) is 3.57. The summed E-state index contributed by atoms with van der Waals surface area (Å²) >= 11 is 0. The molecule has 0 fully saturated rings. The second-order valence-corrected chi connectivity index (χ2v) is 4.19. The van der Waals surface area contributed by atoms with Gasteiger partial charge in [-0.1, -0.05) is 0 Å². The van der Waals surface area contributed by atoms with Gasteiger partial charge in [-0.05, 0) is 26.0 Å². The van der Waals surface area contributed by atoms with Crippen molar-refractivity contribution in [1.29, 1.82) is 0 Å². The van der Waals surface area contributed by atoms with Crippen LogP contribution in [0.2, 0.25) is 0 Å². The van der Waals surface area contributed by atoms with Crippen LogP contribution in [-0.2, 0) is 13.6 Å². The highest BCUT2D eigenvalue weighted by atomic mass is 16.5. The predicted molar refractivity (Wildman–Crippen MR) is 70.8 cm³/mol. The summed E-state index contributed by atoms with van der Waals surface area (Å²) in [4.78, 5) is 4.15. The fourth-order valence-corrected chi connectivity index (χ4v) is 1.94. The molecule has 0 saturated carbocycles. The Morgan fingerprint density at radius 3 is 2.78 bits per heavy atom. The van der Waals surface area contributed by atoms with E-state index < -0.39 is 0 Å². The van der Waals surface area contributed by atoms with Gasteiger partial charge >= 0.3 is 0 Å². The van der Waals surface area contributed by atoms with Crippen molar-refractivity contribution in [3.63, 3.8) is 0 Å². The molecule has 96 valence electrons. The molecule has 2 heterocycles. The average molecular weight is 246 g/mol. The van der Waals surface area contributed by atoms with Crippen molar-refractivity contribution in [3.05, 3.63) is 35.3 Å². The van der Waals surface area contributed by atoms with Crippen molar-refractivity contribution < 1.29 is 4.74 Å². The molecule has 0 aliphatic carbocycles. The van der Waals surface area contributed by atoms with Crippen LogP contribution in [-0.4, -0.2) is 21.9 Å². The number of anilines is 1. The van der Waals surface area contributed by atoms with Gasteiger partial charge in [-0.3, -0.25) is 4.68 Å². The zero-order valence-corrected chi connectivity index (χ0v) is 11.2. The number of ether oxygens (including phenoxy) is 1. The molecule has 1 N–H and O–H groups in total. The van der Waals surface area contributed by atoms with E-state index in [1.54, 1.807) is 13.3 Å². The third kappa shape index (κ3) is 2.30. The molecule has 0 radical (unpaired) electrons. The first kappa shape index (κ1) is 12.4. The van der Waals surface area contributed by atoms with Crippen molar-refractivity contribution in [2.75, 3.05) is 12.4 Å². The summed E-state index contributed by atoms with van der Waals surface area (Å²) in [5.74, 6) is 0.608.